The molecule has 0 aliphatic carbocycles. The van der Waals surface area contributed by atoms with E-state index in [0.29, 0.717) is 23.8 Å². The van der Waals surface area contributed by atoms with Gasteiger partial charge in [0.2, 0.25) is 5.78 Å². The van der Waals surface area contributed by atoms with Crippen molar-refractivity contribution in [2.75, 3.05) is 6.73 Å². The molecular weight excluding hydrogens is 364 g/mol. The Balaban J connectivity index is 1.44. The number of carbonyl (C=O) groups excluding carboxylic acids is 1. The molecular formula is C24H20N2O3. The number of allylic oxidation sites excluding steroid dienone is 1. The first-order chi connectivity index (χ1) is 14.2. The maximum atomic E-state index is 13.0. The summed E-state index contributed by atoms with van der Waals surface area (Å²) in [5.41, 5.74) is 4.62. The van der Waals surface area contributed by atoms with Crippen LogP contribution in [0.15, 0.2) is 66.7 Å². The molecule has 144 valence electrons. The van der Waals surface area contributed by atoms with Crippen molar-refractivity contribution in [1.82, 2.24) is 9.88 Å². The fraction of sp³-hybridized carbons (Fsp3) is 0.167. The third-order valence-corrected chi connectivity index (χ3v) is 5.25. The molecule has 0 spiro atoms. The van der Waals surface area contributed by atoms with Crippen LogP contribution in [-0.2, 0) is 13.1 Å². The molecule has 0 unspecified atom stereocenters. The second kappa shape index (κ2) is 7.18. The summed E-state index contributed by atoms with van der Waals surface area (Å²) in [6.45, 7) is 3.93. The fourth-order valence-electron chi connectivity index (χ4n) is 3.84. The zero-order valence-electron chi connectivity index (χ0n) is 16.1. The molecule has 0 radical (unpaired) electrons. The molecule has 0 fully saturated rings. The molecule has 0 saturated heterocycles. The smallest absolute Gasteiger partial charge is 0.231 e. The highest BCUT2D eigenvalue weighted by molar-refractivity contribution is 6.15. The van der Waals surface area contributed by atoms with E-state index in [1.54, 1.807) is 18.5 Å². The molecule has 29 heavy (non-hydrogen) atoms. The van der Waals surface area contributed by atoms with Gasteiger partial charge in [0.05, 0.1) is 5.56 Å². The number of hydrogen-bond donors (Lipinski definition) is 0. The molecule has 1 aromatic heterocycles. The fourth-order valence-corrected chi connectivity index (χ4v) is 3.84. The summed E-state index contributed by atoms with van der Waals surface area (Å²) in [5, 5.41) is 0. The predicted molar refractivity (Wildman–Crippen MR) is 110 cm³/mol. The SMILES string of the molecule is Cc1c2c(cc3c1O/C(=C/c1ccccc1)C3=O)CN(Cc1ccncc1)CO2. The van der Waals surface area contributed by atoms with Crippen LogP contribution in [0.2, 0.25) is 0 Å². The first-order valence-corrected chi connectivity index (χ1v) is 9.59. The van der Waals surface area contributed by atoms with Gasteiger partial charge in [-0.1, -0.05) is 30.3 Å². The van der Waals surface area contributed by atoms with E-state index in [0.717, 1.165) is 35.5 Å². The van der Waals surface area contributed by atoms with Crippen LogP contribution in [0, 0.1) is 6.92 Å². The number of hydrogen-bond acceptors (Lipinski definition) is 5. The Morgan fingerprint density at radius 2 is 1.90 bits per heavy atom. The Bertz CT molecular complexity index is 1110. The Labute approximate surface area is 169 Å². The average molecular weight is 384 g/mol. The number of benzene rings is 2. The van der Waals surface area contributed by atoms with Crippen molar-refractivity contribution >= 4 is 11.9 Å². The van der Waals surface area contributed by atoms with Crippen LogP contribution < -0.4 is 9.47 Å². The maximum absolute atomic E-state index is 13.0. The van der Waals surface area contributed by atoms with Gasteiger partial charge in [-0.25, -0.2) is 0 Å². The van der Waals surface area contributed by atoms with E-state index in [4.69, 9.17) is 9.47 Å². The van der Waals surface area contributed by atoms with Crippen molar-refractivity contribution in [3.63, 3.8) is 0 Å². The van der Waals surface area contributed by atoms with Gasteiger partial charge < -0.3 is 9.47 Å². The van der Waals surface area contributed by atoms with Gasteiger partial charge in [0.1, 0.15) is 18.2 Å². The van der Waals surface area contributed by atoms with Gasteiger partial charge in [0, 0.05) is 36.6 Å². The van der Waals surface area contributed by atoms with E-state index in [2.05, 4.69) is 9.88 Å². The Morgan fingerprint density at radius 3 is 2.69 bits per heavy atom. The molecule has 5 heteroatoms. The summed E-state index contributed by atoms with van der Waals surface area (Å²) >= 11 is 0. The first-order valence-electron chi connectivity index (χ1n) is 9.59. The molecule has 2 aliphatic heterocycles. The summed E-state index contributed by atoms with van der Waals surface area (Å²) in [4.78, 5) is 19.2. The van der Waals surface area contributed by atoms with Crippen molar-refractivity contribution in [2.45, 2.75) is 20.0 Å². The second-order valence-electron chi connectivity index (χ2n) is 7.33. The number of carbonyl (C=O) groups is 1. The van der Waals surface area contributed by atoms with E-state index in [9.17, 15) is 4.79 Å². The molecule has 0 amide bonds. The lowest BCUT2D eigenvalue weighted by molar-refractivity contribution is 0.0876. The molecule has 0 bridgehead atoms. The molecule has 5 nitrogen and oxygen atoms in total. The predicted octanol–water partition coefficient (Wildman–Crippen LogP) is 4.36. The van der Waals surface area contributed by atoms with Crippen LogP contribution in [0.5, 0.6) is 11.5 Å². The van der Waals surface area contributed by atoms with Crippen LogP contribution in [-0.4, -0.2) is 22.4 Å². The third-order valence-electron chi connectivity index (χ3n) is 5.25. The Morgan fingerprint density at radius 1 is 1.10 bits per heavy atom. The van der Waals surface area contributed by atoms with Crippen LogP contribution in [0.4, 0.5) is 0 Å². The highest BCUT2D eigenvalue weighted by Crippen LogP contribution is 2.43. The molecule has 0 atom stereocenters. The number of fused-ring (bicyclic) bond motifs is 2. The normalized spacial score (nSPS) is 16.9. The number of nitrogens with zero attached hydrogens (tertiary/aromatic N) is 2. The van der Waals surface area contributed by atoms with Crippen molar-refractivity contribution in [3.8, 4) is 11.5 Å². The third kappa shape index (κ3) is 3.30. The number of aromatic nitrogens is 1. The van der Waals surface area contributed by atoms with Gasteiger partial charge in [-0.15, -0.1) is 0 Å². The van der Waals surface area contributed by atoms with Crippen molar-refractivity contribution < 1.29 is 14.3 Å². The van der Waals surface area contributed by atoms with Gasteiger partial charge in [-0.05, 0) is 42.3 Å². The van der Waals surface area contributed by atoms with Crippen LogP contribution >= 0.6 is 0 Å². The Hall–Kier alpha value is -3.44. The summed E-state index contributed by atoms with van der Waals surface area (Å²) in [6.07, 6.45) is 5.38. The summed E-state index contributed by atoms with van der Waals surface area (Å²) < 4.78 is 12.0. The minimum atomic E-state index is -0.0824. The first kappa shape index (κ1) is 17.6. The minimum absolute atomic E-state index is 0.0824. The van der Waals surface area contributed by atoms with Gasteiger partial charge in [0.25, 0.3) is 0 Å². The van der Waals surface area contributed by atoms with Gasteiger partial charge >= 0.3 is 0 Å². The van der Waals surface area contributed by atoms with E-state index in [1.807, 2.05) is 55.5 Å². The monoisotopic (exact) mass is 384 g/mol. The second-order valence-corrected chi connectivity index (χ2v) is 7.33. The number of rotatable bonds is 3. The zero-order valence-corrected chi connectivity index (χ0v) is 16.1. The molecule has 3 aromatic rings. The topological polar surface area (TPSA) is 51.7 Å². The highest BCUT2D eigenvalue weighted by atomic mass is 16.5. The number of ether oxygens (including phenoxy) is 2. The molecule has 0 saturated carbocycles. The van der Waals surface area contributed by atoms with Crippen molar-refractivity contribution in [3.05, 3.63) is 94.5 Å². The largest absolute Gasteiger partial charge is 0.477 e. The standard InChI is InChI=1S/C24H20N2O3/c1-16-23-19(14-26(15-28-23)13-18-7-9-25-10-8-18)12-20-22(27)21(29-24(16)20)11-17-5-3-2-4-6-17/h2-12H,13-15H2,1H3/b21-11+. The minimum Gasteiger partial charge on any atom is -0.477 e. The van der Waals surface area contributed by atoms with Crippen LogP contribution in [0.1, 0.15) is 32.6 Å². The molecule has 2 aromatic carbocycles. The molecule has 3 heterocycles. The van der Waals surface area contributed by atoms with Gasteiger partial charge in [0.15, 0.2) is 5.76 Å². The lowest BCUT2D eigenvalue weighted by Crippen LogP contribution is -2.32. The number of Topliss-reactive ketones (excluding diaryl/α,β-unsaturated/α-hetero) is 1. The number of ketones is 1. The molecule has 2 aliphatic rings. The quantitative estimate of drug-likeness (QED) is 0.628. The van der Waals surface area contributed by atoms with Crippen LogP contribution in [0.3, 0.4) is 0 Å². The molecule has 5 rings (SSSR count). The maximum Gasteiger partial charge on any atom is 0.231 e. The van der Waals surface area contributed by atoms with E-state index >= 15 is 0 Å². The van der Waals surface area contributed by atoms with E-state index in [1.165, 1.54) is 5.56 Å². The highest BCUT2D eigenvalue weighted by Gasteiger charge is 2.33. The summed E-state index contributed by atoms with van der Waals surface area (Å²) in [7, 11) is 0. The average Bonchev–Trinajstić information content (AvgIpc) is 3.05. The van der Waals surface area contributed by atoms with E-state index in [-0.39, 0.29) is 5.78 Å². The molecule has 0 N–H and O–H groups in total. The number of pyridine rings is 1. The lowest BCUT2D eigenvalue weighted by atomic mass is 10.00. The van der Waals surface area contributed by atoms with E-state index < -0.39 is 0 Å². The van der Waals surface area contributed by atoms with Gasteiger partial charge in [-0.2, -0.15) is 0 Å². The zero-order chi connectivity index (χ0) is 19.8. The van der Waals surface area contributed by atoms with Crippen LogP contribution in [0.25, 0.3) is 6.08 Å². The van der Waals surface area contributed by atoms with Crippen molar-refractivity contribution in [1.29, 1.82) is 0 Å². The summed E-state index contributed by atoms with van der Waals surface area (Å²) in [5.74, 6) is 1.70. The summed E-state index contributed by atoms with van der Waals surface area (Å²) in [6, 6.07) is 15.6. The lowest BCUT2D eigenvalue weighted by Gasteiger charge is -2.30. The Kier molecular flexibility index (Phi) is 4.37. The van der Waals surface area contributed by atoms with Gasteiger partial charge in [-0.3, -0.25) is 14.7 Å². The van der Waals surface area contributed by atoms with Crippen molar-refractivity contribution in [2.24, 2.45) is 0 Å².